The molecule has 6 heteroatoms. The van der Waals surface area contributed by atoms with Gasteiger partial charge in [0.15, 0.2) is 0 Å². The van der Waals surface area contributed by atoms with Crippen LogP contribution in [0, 0.1) is 0 Å². The summed E-state index contributed by atoms with van der Waals surface area (Å²) >= 11 is 0. The predicted molar refractivity (Wildman–Crippen MR) is 94.9 cm³/mol. The molecule has 1 heterocycles. The summed E-state index contributed by atoms with van der Waals surface area (Å²) in [6, 6.07) is 15.0. The summed E-state index contributed by atoms with van der Waals surface area (Å²) in [6.07, 6.45) is 3.19. The fraction of sp³-hybridized carbons (Fsp3) is 0.158. The molecule has 25 heavy (non-hydrogen) atoms. The Kier molecular flexibility index (Phi) is 4.99. The number of hydrogen-bond donors (Lipinski definition) is 1. The second-order valence-electron chi connectivity index (χ2n) is 5.52. The number of aryl methyl sites for hydroxylation is 1. The number of rotatable bonds is 6. The van der Waals surface area contributed by atoms with Gasteiger partial charge in [0.2, 0.25) is 0 Å². The molecule has 0 radical (unpaired) electrons. The summed E-state index contributed by atoms with van der Waals surface area (Å²) in [5.41, 5.74) is 2.17. The Morgan fingerprint density at radius 2 is 1.96 bits per heavy atom. The number of hydrogen-bond acceptors (Lipinski definition) is 4. The lowest BCUT2D eigenvalue weighted by atomic mass is 10.2. The molecule has 0 saturated heterocycles. The van der Waals surface area contributed by atoms with Gasteiger partial charge in [-0.15, -0.1) is 0 Å². The van der Waals surface area contributed by atoms with E-state index >= 15 is 0 Å². The van der Waals surface area contributed by atoms with Crippen LogP contribution in [0.25, 0.3) is 0 Å². The van der Waals surface area contributed by atoms with Crippen molar-refractivity contribution in [2.24, 2.45) is 7.05 Å². The second-order valence-corrected chi connectivity index (χ2v) is 5.52. The topological polar surface area (TPSA) is 65.4 Å². The third kappa shape index (κ3) is 4.38. The lowest BCUT2D eigenvalue weighted by Crippen LogP contribution is -2.11. The van der Waals surface area contributed by atoms with Crippen LogP contribution in [0.15, 0.2) is 60.9 Å². The molecule has 1 N–H and O–H groups in total. The summed E-state index contributed by atoms with van der Waals surface area (Å²) in [5.74, 6) is 1.25. The van der Waals surface area contributed by atoms with Crippen LogP contribution in [0.3, 0.4) is 0 Å². The molecule has 0 aliphatic carbocycles. The van der Waals surface area contributed by atoms with Gasteiger partial charge in [-0.1, -0.05) is 18.2 Å². The van der Waals surface area contributed by atoms with E-state index in [1.165, 1.54) is 6.20 Å². The van der Waals surface area contributed by atoms with E-state index in [-0.39, 0.29) is 5.91 Å². The Labute approximate surface area is 146 Å². The van der Waals surface area contributed by atoms with Crippen LogP contribution in [-0.4, -0.2) is 22.8 Å². The molecule has 3 rings (SSSR count). The monoisotopic (exact) mass is 337 g/mol. The number of anilines is 1. The number of methoxy groups -OCH3 is 1. The van der Waals surface area contributed by atoms with Crippen molar-refractivity contribution in [1.82, 2.24) is 9.78 Å². The third-order valence-corrected chi connectivity index (χ3v) is 3.60. The first-order chi connectivity index (χ1) is 12.1. The molecule has 2 aromatic carbocycles. The molecule has 0 aliphatic rings. The van der Waals surface area contributed by atoms with E-state index in [0.29, 0.717) is 23.6 Å². The fourth-order valence-corrected chi connectivity index (χ4v) is 2.33. The molecular weight excluding hydrogens is 318 g/mol. The van der Waals surface area contributed by atoms with Gasteiger partial charge in [-0.3, -0.25) is 9.48 Å². The zero-order valence-electron chi connectivity index (χ0n) is 14.1. The highest BCUT2D eigenvalue weighted by atomic mass is 16.5. The largest absolute Gasteiger partial charge is 0.497 e. The molecule has 128 valence electrons. The van der Waals surface area contributed by atoms with Crippen LogP contribution in [0.1, 0.15) is 15.9 Å². The second kappa shape index (κ2) is 7.53. The number of ether oxygens (including phenoxy) is 2. The number of nitrogens with zero attached hydrogens (tertiary/aromatic N) is 2. The van der Waals surface area contributed by atoms with Crippen LogP contribution in [0.4, 0.5) is 5.69 Å². The molecule has 1 amide bonds. The molecule has 0 bridgehead atoms. The van der Waals surface area contributed by atoms with Crippen molar-refractivity contribution in [3.8, 4) is 11.5 Å². The first kappa shape index (κ1) is 16.6. The molecule has 0 spiro atoms. The minimum atomic E-state index is -0.210. The maximum Gasteiger partial charge on any atom is 0.258 e. The first-order valence-corrected chi connectivity index (χ1v) is 7.80. The Morgan fingerprint density at radius 3 is 2.72 bits per heavy atom. The van der Waals surface area contributed by atoms with Gasteiger partial charge in [-0.25, -0.2) is 0 Å². The maximum atomic E-state index is 12.2. The average Bonchev–Trinajstić information content (AvgIpc) is 3.07. The zero-order chi connectivity index (χ0) is 17.6. The smallest absolute Gasteiger partial charge is 0.258 e. The molecule has 0 atom stereocenters. The van der Waals surface area contributed by atoms with E-state index in [1.54, 1.807) is 31.1 Å². The van der Waals surface area contributed by atoms with Gasteiger partial charge in [-0.2, -0.15) is 5.10 Å². The van der Waals surface area contributed by atoms with Gasteiger partial charge in [-0.05, 0) is 29.8 Å². The number of aromatic nitrogens is 2. The number of amides is 1. The van der Waals surface area contributed by atoms with Crippen molar-refractivity contribution in [3.63, 3.8) is 0 Å². The molecular formula is C19H19N3O3. The van der Waals surface area contributed by atoms with E-state index < -0.39 is 0 Å². The number of nitrogens with one attached hydrogen (secondary N) is 1. The standard InChI is InChI=1S/C19H19N3O3/c1-22-12-15(11-20-22)19(23)21-16-6-4-8-18(10-16)25-13-14-5-3-7-17(9-14)24-2/h3-12H,13H2,1-2H3,(H,21,23). The lowest BCUT2D eigenvalue weighted by Gasteiger charge is -2.09. The van der Waals surface area contributed by atoms with E-state index in [0.717, 1.165) is 11.3 Å². The lowest BCUT2D eigenvalue weighted by molar-refractivity contribution is 0.102. The Bertz CT molecular complexity index is 874. The summed E-state index contributed by atoms with van der Waals surface area (Å²) < 4.78 is 12.6. The predicted octanol–water partition coefficient (Wildman–Crippen LogP) is 3.26. The van der Waals surface area contributed by atoms with Gasteiger partial charge in [0.25, 0.3) is 5.91 Å². The average molecular weight is 337 g/mol. The SMILES string of the molecule is COc1cccc(COc2cccc(NC(=O)c3cnn(C)c3)c2)c1. The summed E-state index contributed by atoms with van der Waals surface area (Å²) in [5, 5.41) is 6.83. The third-order valence-electron chi connectivity index (χ3n) is 3.60. The van der Waals surface area contributed by atoms with Crippen molar-refractivity contribution in [2.75, 3.05) is 12.4 Å². The van der Waals surface area contributed by atoms with Crippen LogP contribution >= 0.6 is 0 Å². The number of carbonyl (C=O) groups is 1. The maximum absolute atomic E-state index is 12.2. The van der Waals surface area contributed by atoms with E-state index in [2.05, 4.69) is 10.4 Å². The molecule has 0 aliphatic heterocycles. The van der Waals surface area contributed by atoms with Gasteiger partial charge >= 0.3 is 0 Å². The minimum absolute atomic E-state index is 0.210. The van der Waals surface area contributed by atoms with E-state index in [1.807, 2.05) is 42.5 Å². The van der Waals surface area contributed by atoms with Crippen LogP contribution in [0.2, 0.25) is 0 Å². The van der Waals surface area contributed by atoms with Crippen LogP contribution in [0.5, 0.6) is 11.5 Å². The molecule has 6 nitrogen and oxygen atoms in total. The summed E-state index contributed by atoms with van der Waals surface area (Å²) in [6.45, 7) is 0.414. The normalized spacial score (nSPS) is 10.3. The molecule has 0 fully saturated rings. The van der Waals surface area contributed by atoms with E-state index in [9.17, 15) is 4.79 Å². The summed E-state index contributed by atoms with van der Waals surface area (Å²) in [7, 11) is 3.40. The number of benzene rings is 2. The van der Waals surface area contributed by atoms with Crippen molar-refractivity contribution in [2.45, 2.75) is 6.61 Å². The van der Waals surface area contributed by atoms with Crippen LogP contribution in [-0.2, 0) is 13.7 Å². The highest BCUT2D eigenvalue weighted by molar-refractivity contribution is 6.04. The molecule has 0 saturated carbocycles. The summed E-state index contributed by atoms with van der Waals surface area (Å²) in [4.78, 5) is 12.2. The van der Waals surface area contributed by atoms with E-state index in [4.69, 9.17) is 9.47 Å². The van der Waals surface area contributed by atoms with Crippen molar-refractivity contribution < 1.29 is 14.3 Å². The number of carbonyl (C=O) groups excluding carboxylic acids is 1. The van der Waals surface area contributed by atoms with Gasteiger partial charge in [0.1, 0.15) is 18.1 Å². The van der Waals surface area contributed by atoms with Crippen molar-refractivity contribution in [1.29, 1.82) is 0 Å². The zero-order valence-corrected chi connectivity index (χ0v) is 14.1. The van der Waals surface area contributed by atoms with Crippen molar-refractivity contribution >= 4 is 11.6 Å². The van der Waals surface area contributed by atoms with Crippen molar-refractivity contribution in [3.05, 3.63) is 72.1 Å². The minimum Gasteiger partial charge on any atom is -0.497 e. The Hall–Kier alpha value is -3.28. The highest BCUT2D eigenvalue weighted by Crippen LogP contribution is 2.20. The van der Waals surface area contributed by atoms with Gasteiger partial charge in [0, 0.05) is 25.0 Å². The Balaban J connectivity index is 1.63. The molecule has 3 aromatic rings. The quantitative estimate of drug-likeness (QED) is 0.750. The van der Waals surface area contributed by atoms with Gasteiger partial charge < -0.3 is 14.8 Å². The van der Waals surface area contributed by atoms with Gasteiger partial charge in [0.05, 0.1) is 18.9 Å². The fourth-order valence-electron chi connectivity index (χ4n) is 2.33. The molecule has 1 aromatic heterocycles. The molecule has 0 unspecified atom stereocenters. The Morgan fingerprint density at radius 1 is 1.16 bits per heavy atom. The highest BCUT2D eigenvalue weighted by Gasteiger charge is 2.08. The van der Waals surface area contributed by atoms with Crippen LogP contribution < -0.4 is 14.8 Å². The first-order valence-electron chi connectivity index (χ1n) is 7.80.